The van der Waals surface area contributed by atoms with Gasteiger partial charge in [-0.3, -0.25) is 4.79 Å². The van der Waals surface area contributed by atoms with Gasteiger partial charge in [-0.15, -0.1) is 12.3 Å². The van der Waals surface area contributed by atoms with E-state index in [9.17, 15) is 4.79 Å². The summed E-state index contributed by atoms with van der Waals surface area (Å²) in [6, 6.07) is 0. The largest absolute Gasteiger partial charge is 0.299 e. The zero-order valence-corrected chi connectivity index (χ0v) is 8.93. The molecule has 0 heterocycles. The van der Waals surface area contributed by atoms with Crippen LogP contribution in [0.2, 0.25) is 0 Å². The Bertz CT molecular complexity index is 204. The molecule has 14 heavy (non-hydrogen) atoms. The molecular formula is C13H20O. The van der Waals surface area contributed by atoms with E-state index >= 15 is 0 Å². The summed E-state index contributed by atoms with van der Waals surface area (Å²) in [5, 5.41) is 0. The summed E-state index contributed by atoms with van der Waals surface area (Å²) in [4.78, 5) is 11.7. The van der Waals surface area contributed by atoms with E-state index in [4.69, 9.17) is 6.42 Å². The van der Waals surface area contributed by atoms with Crippen LogP contribution in [0, 0.1) is 18.3 Å². The molecule has 0 amide bonds. The van der Waals surface area contributed by atoms with Crippen molar-refractivity contribution in [1.82, 2.24) is 0 Å². The molecule has 0 N–H and O–H groups in total. The van der Waals surface area contributed by atoms with Crippen LogP contribution in [-0.4, -0.2) is 5.78 Å². The highest BCUT2D eigenvalue weighted by Gasteiger charge is 2.18. The molecule has 1 aliphatic carbocycles. The monoisotopic (exact) mass is 192 g/mol. The molecular weight excluding hydrogens is 172 g/mol. The van der Waals surface area contributed by atoms with Crippen LogP contribution < -0.4 is 0 Å². The van der Waals surface area contributed by atoms with Crippen LogP contribution in [0.25, 0.3) is 0 Å². The van der Waals surface area contributed by atoms with Crippen LogP contribution >= 0.6 is 0 Å². The van der Waals surface area contributed by atoms with Gasteiger partial charge in [0.2, 0.25) is 0 Å². The van der Waals surface area contributed by atoms with Crippen molar-refractivity contribution in [2.75, 3.05) is 0 Å². The van der Waals surface area contributed by atoms with Gasteiger partial charge in [-0.05, 0) is 12.8 Å². The molecule has 1 nitrogen and oxygen atoms in total. The van der Waals surface area contributed by atoms with Crippen molar-refractivity contribution in [3.8, 4) is 12.3 Å². The molecule has 0 aromatic rings. The molecule has 1 fully saturated rings. The third kappa shape index (κ3) is 3.96. The van der Waals surface area contributed by atoms with E-state index in [-0.39, 0.29) is 0 Å². The zero-order valence-electron chi connectivity index (χ0n) is 8.93. The summed E-state index contributed by atoms with van der Waals surface area (Å²) in [5.41, 5.74) is 0. The predicted molar refractivity (Wildman–Crippen MR) is 58.9 cm³/mol. The fraction of sp³-hybridized carbons (Fsp3) is 0.769. The van der Waals surface area contributed by atoms with Crippen molar-refractivity contribution in [1.29, 1.82) is 0 Å². The normalized spacial score (nSPS) is 19.4. The number of hydrogen-bond donors (Lipinski definition) is 0. The van der Waals surface area contributed by atoms with E-state index in [1.165, 1.54) is 32.1 Å². The highest BCUT2D eigenvalue weighted by Crippen LogP contribution is 2.24. The van der Waals surface area contributed by atoms with E-state index in [0.717, 1.165) is 12.8 Å². The summed E-state index contributed by atoms with van der Waals surface area (Å²) in [6.07, 6.45) is 15.0. The topological polar surface area (TPSA) is 17.1 Å². The Balaban J connectivity index is 2.32. The molecule has 1 rings (SSSR count). The second kappa shape index (κ2) is 6.65. The first-order valence-corrected chi connectivity index (χ1v) is 5.81. The first-order valence-electron chi connectivity index (χ1n) is 5.81. The van der Waals surface area contributed by atoms with Crippen molar-refractivity contribution in [2.24, 2.45) is 5.92 Å². The minimum absolute atomic E-state index is 0.323. The zero-order chi connectivity index (χ0) is 10.2. The summed E-state index contributed by atoms with van der Waals surface area (Å²) >= 11 is 0. The molecule has 0 aromatic heterocycles. The molecule has 0 aromatic carbocycles. The lowest BCUT2D eigenvalue weighted by Gasteiger charge is -2.17. The van der Waals surface area contributed by atoms with Gasteiger partial charge in [-0.1, -0.05) is 32.1 Å². The number of carbonyl (C=O) groups excluding carboxylic acids is 1. The van der Waals surface area contributed by atoms with E-state index in [1.54, 1.807) is 0 Å². The molecule has 0 spiro atoms. The first-order chi connectivity index (χ1) is 6.84. The minimum Gasteiger partial charge on any atom is -0.299 e. The van der Waals surface area contributed by atoms with Crippen LogP contribution in [0.4, 0.5) is 0 Å². The van der Waals surface area contributed by atoms with Gasteiger partial charge in [0.25, 0.3) is 0 Å². The molecule has 1 heteroatoms. The fourth-order valence-corrected chi connectivity index (χ4v) is 2.18. The van der Waals surface area contributed by atoms with Gasteiger partial charge in [0.1, 0.15) is 5.78 Å². The molecule has 0 bridgehead atoms. The molecule has 1 saturated carbocycles. The number of hydrogen-bond acceptors (Lipinski definition) is 1. The van der Waals surface area contributed by atoms with Crippen molar-refractivity contribution in [2.45, 2.75) is 57.8 Å². The second-order valence-electron chi connectivity index (χ2n) is 4.21. The van der Waals surface area contributed by atoms with E-state index in [0.29, 0.717) is 24.5 Å². The molecule has 78 valence electrons. The van der Waals surface area contributed by atoms with Gasteiger partial charge in [0.15, 0.2) is 0 Å². The number of carbonyl (C=O) groups is 1. The van der Waals surface area contributed by atoms with Gasteiger partial charge in [-0.2, -0.15) is 0 Å². The number of terminal acetylenes is 1. The molecule has 0 atom stereocenters. The quantitative estimate of drug-likeness (QED) is 0.627. The Morgan fingerprint density at radius 3 is 2.29 bits per heavy atom. The average Bonchev–Trinajstić information content (AvgIpc) is 2.13. The van der Waals surface area contributed by atoms with Gasteiger partial charge in [0.05, 0.1) is 0 Å². The Morgan fingerprint density at radius 1 is 1.14 bits per heavy atom. The molecule has 0 aliphatic heterocycles. The highest BCUT2D eigenvalue weighted by atomic mass is 16.1. The predicted octanol–water partition coefficient (Wildman–Crippen LogP) is 3.33. The Morgan fingerprint density at radius 2 is 1.71 bits per heavy atom. The summed E-state index contributed by atoms with van der Waals surface area (Å²) in [5.74, 6) is 3.27. The lowest BCUT2D eigenvalue weighted by atomic mass is 9.87. The van der Waals surface area contributed by atoms with Crippen LogP contribution in [0.1, 0.15) is 57.8 Å². The third-order valence-corrected chi connectivity index (χ3v) is 3.08. The average molecular weight is 192 g/mol. The van der Waals surface area contributed by atoms with Gasteiger partial charge in [-0.25, -0.2) is 0 Å². The highest BCUT2D eigenvalue weighted by molar-refractivity contribution is 5.81. The Hall–Kier alpha value is -0.770. The maximum absolute atomic E-state index is 11.7. The first kappa shape index (κ1) is 11.3. The van der Waals surface area contributed by atoms with Crippen LogP contribution in [0.5, 0.6) is 0 Å². The molecule has 1 aliphatic rings. The summed E-state index contributed by atoms with van der Waals surface area (Å²) in [7, 11) is 0. The second-order valence-corrected chi connectivity index (χ2v) is 4.21. The van der Waals surface area contributed by atoms with Gasteiger partial charge >= 0.3 is 0 Å². The summed E-state index contributed by atoms with van der Waals surface area (Å²) in [6.45, 7) is 0. The SMILES string of the molecule is C#CCCC(=O)C1CCCCCCC1. The molecule has 0 saturated heterocycles. The molecule has 0 radical (unpaired) electrons. The van der Waals surface area contributed by atoms with Gasteiger partial charge < -0.3 is 0 Å². The van der Waals surface area contributed by atoms with Gasteiger partial charge in [0, 0.05) is 18.8 Å². The number of rotatable bonds is 3. The van der Waals surface area contributed by atoms with Crippen molar-refractivity contribution < 1.29 is 4.79 Å². The van der Waals surface area contributed by atoms with E-state index in [1.807, 2.05) is 0 Å². The maximum Gasteiger partial charge on any atom is 0.136 e. The molecule has 0 unspecified atom stereocenters. The van der Waals surface area contributed by atoms with Crippen LogP contribution in [-0.2, 0) is 4.79 Å². The standard InChI is InChI=1S/C13H20O/c1-2-3-11-13(14)12-9-7-5-4-6-8-10-12/h1,12H,3-11H2. The van der Waals surface area contributed by atoms with E-state index < -0.39 is 0 Å². The van der Waals surface area contributed by atoms with Crippen molar-refractivity contribution in [3.63, 3.8) is 0 Å². The third-order valence-electron chi connectivity index (χ3n) is 3.08. The Labute approximate surface area is 87.3 Å². The lowest BCUT2D eigenvalue weighted by molar-refractivity contribution is -0.123. The Kier molecular flexibility index (Phi) is 5.37. The van der Waals surface area contributed by atoms with Crippen LogP contribution in [0.15, 0.2) is 0 Å². The maximum atomic E-state index is 11.7. The number of Topliss-reactive ketones (excluding diaryl/α,β-unsaturated/α-hetero) is 1. The number of ketones is 1. The van der Waals surface area contributed by atoms with Crippen molar-refractivity contribution in [3.05, 3.63) is 0 Å². The minimum atomic E-state index is 0.323. The summed E-state index contributed by atoms with van der Waals surface area (Å²) < 4.78 is 0. The lowest BCUT2D eigenvalue weighted by Crippen LogP contribution is -2.15. The fourth-order valence-electron chi connectivity index (χ4n) is 2.18. The smallest absolute Gasteiger partial charge is 0.136 e. The van der Waals surface area contributed by atoms with Crippen LogP contribution in [0.3, 0.4) is 0 Å². The van der Waals surface area contributed by atoms with Crippen molar-refractivity contribution >= 4 is 5.78 Å². The van der Waals surface area contributed by atoms with E-state index in [2.05, 4.69) is 5.92 Å².